The van der Waals surface area contributed by atoms with Gasteiger partial charge in [0.1, 0.15) is 5.82 Å². The Kier molecular flexibility index (Phi) is 4.80. The van der Waals surface area contributed by atoms with Crippen molar-refractivity contribution in [2.24, 2.45) is 5.73 Å². The van der Waals surface area contributed by atoms with Crippen molar-refractivity contribution in [1.29, 1.82) is 0 Å². The molecule has 1 aromatic heterocycles. The number of halogens is 2. The summed E-state index contributed by atoms with van der Waals surface area (Å²) in [5.74, 6) is -0.195. The maximum Gasteiger partial charge on any atom is 0.128 e. The highest BCUT2D eigenvalue weighted by Crippen LogP contribution is 2.27. The molecule has 5 heteroatoms. The van der Waals surface area contributed by atoms with E-state index in [0.29, 0.717) is 25.1 Å². The first-order chi connectivity index (χ1) is 9.11. The summed E-state index contributed by atoms with van der Waals surface area (Å²) in [4.78, 5) is 3.17. The van der Waals surface area contributed by atoms with Crippen LogP contribution in [-0.4, -0.2) is 13.6 Å². The maximum absolute atomic E-state index is 13.8. The van der Waals surface area contributed by atoms with Gasteiger partial charge in [-0.1, -0.05) is 17.7 Å². The van der Waals surface area contributed by atoms with Gasteiger partial charge in [0.05, 0.1) is 10.9 Å². The highest BCUT2D eigenvalue weighted by atomic mass is 35.5. The molecule has 2 aromatic rings. The average Bonchev–Trinajstić information content (AvgIpc) is 2.77. The zero-order valence-corrected chi connectivity index (χ0v) is 12.3. The van der Waals surface area contributed by atoms with Gasteiger partial charge in [-0.2, -0.15) is 0 Å². The summed E-state index contributed by atoms with van der Waals surface area (Å²) in [6.07, 6.45) is 0.539. The highest BCUT2D eigenvalue weighted by molar-refractivity contribution is 7.16. The van der Waals surface area contributed by atoms with E-state index in [-0.39, 0.29) is 5.82 Å². The number of rotatable bonds is 5. The van der Waals surface area contributed by atoms with E-state index in [2.05, 4.69) is 0 Å². The van der Waals surface area contributed by atoms with Crippen LogP contribution >= 0.6 is 22.9 Å². The smallest absolute Gasteiger partial charge is 0.128 e. The van der Waals surface area contributed by atoms with Crippen LogP contribution in [0.2, 0.25) is 4.34 Å². The number of hydrogen-bond donors (Lipinski definition) is 1. The zero-order valence-electron chi connectivity index (χ0n) is 10.7. The summed E-state index contributed by atoms with van der Waals surface area (Å²) in [5.41, 5.74) is 7.11. The molecule has 1 heterocycles. The lowest BCUT2D eigenvalue weighted by Crippen LogP contribution is -2.19. The molecule has 2 rings (SSSR count). The fraction of sp³-hybridized carbons (Fsp3) is 0.286. The molecule has 0 unspecified atom stereocenters. The molecule has 0 saturated heterocycles. The Balaban J connectivity index is 2.23. The summed E-state index contributed by atoms with van der Waals surface area (Å²) in [6.45, 7) is 1.14. The summed E-state index contributed by atoms with van der Waals surface area (Å²) in [6, 6.07) is 8.99. The largest absolute Gasteiger partial charge is 0.369 e. The fourth-order valence-corrected chi connectivity index (χ4v) is 3.19. The van der Waals surface area contributed by atoms with Crippen LogP contribution < -0.4 is 10.6 Å². The van der Waals surface area contributed by atoms with E-state index in [1.807, 2.05) is 30.1 Å². The van der Waals surface area contributed by atoms with Crippen LogP contribution in [0, 0.1) is 5.82 Å². The first-order valence-corrected chi connectivity index (χ1v) is 7.24. The number of nitrogens with zero attached hydrogens (tertiary/aromatic N) is 1. The van der Waals surface area contributed by atoms with E-state index in [1.54, 1.807) is 6.07 Å². The molecule has 0 bridgehead atoms. The van der Waals surface area contributed by atoms with Gasteiger partial charge >= 0.3 is 0 Å². The van der Waals surface area contributed by atoms with Gasteiger partial charge in [-0.25, -0.2) is 4.39 Å². The normalized spacial score (nSPS) is 10.7. The third kappa shape index (κ3) is 3.47. The Hall–Kier alpha value is -1.10. The molecule has 0 saturated carbocycles. The second-order valence-corrected chi connectivity index (χ2v) is 6.14. The quantitative estimate of drug-likeness (QED) is 0.912. The maximum atomic E-state index is 13.8. The third-order valence-corrected chi connectivity index (χ3v) is 4.14. The van der Waals surface area contributed by atoms with Crippen LogP contribution in [0.1, 0.15) is 10.4 Å². The minimum Gasteiger partial charge on any atom is -0.369 e. The molecule has 0 atom stereocenters. The minimum atomic E-state index is -0.195. The van der Waals surface area contributed by atoms with Crippen molar-refractivity contribution in [3.63, 3.8) is 0 Å². The van der Waals surface area contributed by atoms with Crippen molar-refractivity contribution in [3.05, 3.63) is 50.9 Å². The molecule has 102 valence electrons. The molecule has 0 amide bonds. The molecular weight excluding hydrogens is 283 g/mol. The van der Waals surface area contributed by atoms with Crippen LogP contribution in [0.3, 0.4) is 0 Å². The number of hydrogen-bond acceptors (Lipinski definition) is 3. The van der Waals surface area contributed by atoms with Crippen molar-refractivity contribution >= 4 is 28.6 Å². The predicted molar refractivity (Wildman–Crippen MR) is 80.6 cm³/mol. The molecule has 0 aliphatic rings. The van der Waals surface area contributed by atoms with Gasteiger partial charge in [0.15, 0.2) is 0 Å². The molecule has 0 aliphatic heterocycles. The van der Waals surface area contributed by atoms with Crippen molar-refractivity contribution in [2.45, 2.75) is 13.0 Å². The predicted octanol–water partition coefficient (Wildman–Crippen LogP) is 3.68. The number of thiophene rings is 1. The van der Waals surface area contributed by atoms with E-state index >= 15 is 0 Å². The zero-order chi connectivity index (χ0) is 13.8. The molecule has 0 spiro atoms. The highest BCUT2D eigenvalue weighted by Gasteiger charge is 2.12. The van der Waals surface area contributed by atoms with Gasteiger partial charge in [-0.3, -0.25) is 0 Å². The Labute approximate surface area is 121 Å². The first-order valence-electron chi connectivity index (χ1n) is 6.04. The Bertz CT molecular complexity index is 556. The summed E-state index contributed by atoms with van der Waals surface area (Å²) in [7, 11) is 1.95. The SMILES string of the molecule is CN(Cc1ccc(Cl)s1)c1cccc(F)c1CCN. The molecule has 0 aliphatic carbocycles. The van der Waals surface area contributed by atoms with E-state index in [0.717, 1.165) is 14.9 Å². The second kappa shape index (κ2) is 6.37. The number of anilines is 1. The minimum absolute atomic E-state index is 0.195. The molecule has 2 N–H and O–H groups in total. The lowest BCUT2D eigenvalue weighted by Gasteiger charge is -2.22. The van der Waals surface area contributed by atoms with Crippen LogP contribution in [-0.2, 0) is 13.0 Å². The van der Waals surface area contributed by atoms with Crippen LogP contribution in [0.15, 0.2) is 30.3 Å². The van der Waals surface area contributed by atoms with Crippen LogP contribution in [0.4, 0.5) is 10.1 Å². The number of benzene rings is 1. The lowest BCUT2D eigenvalue weighted by atomic mass is 10.1. The van der Waals surface area contributed by atoms with Gasteiger partial charge < -0.3 is 10.6 Å². The first kappa shape index (κ1) is 14.3. The van der Waals surface area contributed by atoms with Crippen molar-refractivity contribution in [2.75, 3.05) is 18.5 Å². The van der Waals surface area contributed by atoms with Crippen molar-refractivity contribution in [3.8, 4) is 0 Å². The molecule has 2 nitrogen and oxygen atoms in total. The summed E-state index contributed by atoms with van der Waals surface area (Å²) in [5, 5.41) is 0. The molecular formula is C14H16ClFN2S. The van der Waals surface area contributed by atoms with E-state index in [1.165, 1.54) is 17.4 Å². The third-order valence-electron chi connectivity index (χ3n) is 2.92. The second-order valence-electron chi connectivity index (χ2n) is 4.34. The van der Waals surface area contributed by atoms with Crippen LogP contribution in [0.5, 0.6) is 0 Å². The summed E-state index contributed by atoms with van der Waals surface area (Å²) >= 11 is 7.46. The Morgan fingerprint density at radius 3 is 2.74 bits per heavy atom. The lowest BCUT2D eigenvalue weighted by molar-refractivity contribution is 0.608. The van der Waals surface area contributed by atoms with Gasteiger partial charge in [0.25, 0.3) is 0 Å². The monoisotopic (exact) mass is 298 g/mol. The van der Waals surface area contributed by atoms with Crippen LogP contribution in [0.25, 0.3) is 0 Å². The van der Waals surface area contributed by atoms with Crippen molar-refractivity contribution in [1.82, 2.24) is 0 Å². The average molecular weight is 299 g/mol. The number of nitrogens with two attached hydrogens (primary N) is 1. The van der Waals surface area contributed by atoms with Gasteiger partial charge in [-0.05, 0) is 37.2 Å². The van der Waals surface area contributed by atoms with E-state index < -0.39 is 0 Å². The molecule has 1 aromatic carbocycles. The molecule has 19 heavy (non-hydrogen) atoms. The van der Waals surface area contributed by atoms with Gasteiger partial charge in [-0.15, -0.1) is 11.3 Å². The standard InChI is InChI=1S/C14H16ClFN2S/c1-18(9-10-5-6-14(15)19-10)13-4-2-3-12(16)11(13)7-8-17/h2-6H,7-9,17H2,1H3. The van der Waals surface area contributed by atoms with E-state index in [9.17, 15) is 4.39 Å². The van der Waals surface area contributed by atoms with Crippen molar-refractivity contribution < 1.29 is 4.39 Å². The summed E-state index contributed by atoms with van der Waals surface area (Å²) < 4.78 is 14.6. The van der Waals surface area contributed by atoms with Gasteiger partial charge in [0, 0.05) is 23.2 Å². The molecule has 0 radical (unpaired) electrons. The van der Waals surface area contributed by atoms with E-state index in [4.69, 9.17) is 17.3 Å². The fourth-order valence-electron chi connectivity index (χ4n) is 2.05. The topological polar surface area (TPSA) is 29.3 Å². The van der Waals surface area contributed by atoms with Gasteiger partial charge in [0.2, 0.25) is 0 Å². The Morgan fingerprint density at radius 2 is 2.11 bits per heavy atom. The molecule has 0 fully saturated rings. The Morgan fingerprint density at radius 1 is 1.32 bits per heavy atom.